The van der Waals surface area contributed by atoms with Gasteiger partial charge in [-0.05, 0) is 19.1 Å². The number of nitrogens with zero attached hydrogens (tertiary/aromatic N) is 3. The second kappa shape index (κ2) is 4.77. The Kier molecular flexibility index (Phi) is 3.33. The molecule has 0 bridgehead atoms. The Labute approximate surface area is 108 Å². The van der Waals surface area contributed by atoms with E-state index in [0.717, 1.165) is 14.1 Å². The molecule has 0 unspecified atom stereocenters. The number of aryl methyl sites for hydroxylation is 2. The fourth-order valence-corrected chi connectivity index (χ4v) is 2.39. The molecule has 96 valence electrons. The van der Waals surface area contributed by atoms with Gasteiger partial charge in [0.1, 0.15) is 0 Å². The summed E-state index contributed by atoms with van der Waals surface area (Å²) in [4.78, 5) is 25.6. The molecular formula is C11H14N4O2S. The Balaban J connectivity index is 2.25. The van der Waals surface area contributed by atoms with Crippen LogP contribution in [0.25, 0.3) is 0 Å². The van der Waals surface area contributed by atoms with Crippen LogP contribution in [0, 0.1) is 6.92 Å². The summed E-state index contributed by atoms with van der Waals surface area (Å²) in [6.45, 7) is 2.55. The first-order valence-corrected chi connectivity index (χ1v) is 6.24. The van der Waals surface area contributed by atoms with Crippen molar-refractivity contribution in [2.75, 3.05) is 5.32 Å². The maximum absolute atomic E-state index is 11.8. The van der Waals surface area contributed by atoms with Gasteiger partial charge in [-0.15, -0.1) is 16.4 Å². The van der Waals surface area contributed by atoms with Gasteiger partial charge in [0.2, 0.25) is 5.82 Å². The van der Waals surface area contributed by atoms with E-state index in [9.17, 15) is 9.59 Å². The normalized spacial score (nSPS) is 10.6. The van der Waals surface area contributed by atoms with E-state index in [1.807, 2.05) is 19.1 Å². The van der Waals surface area contributed by atoms with Gasteiger partial charge in [0, 0.05) is 23.8 Å². The van der Waals surface area contributed by atoms with Crippen molar-refractivity contribution >= 4 is 17.2 Å². The maximum Gasteiger partial charge on any atom is 0.346 e. The third-order valence-corrected chi connectivity index (χ3v) is 3.55. The van der Waals surface area contributed by atoms with E-state index in [-0.39, 0.29) is 5.82 Å². The number of hydrogen-bond donors (Lipinski definition) is 1. The summed E-state index contributed by atoms with van der Waals surface area (Å²) < 4.78 is 2.18. The molecule has 7 heteroatoms. The summed E-state index contributed by atoms with van der Waals surface area (Å²) >= 11 is 1.66. The first-order valence-electron chi connectivity index (χ1n) is 5.42. The molecule has 0 saturated carbocycles. The number of thiophene rings is 1. The molecule has 0 aliphatic rings. The van der Waals surface area contributed by atoms with Crippen molar-refractivity contribution in [3.63, 3.8) is 0 Å². The average molecular weight is 266 g/mol. The highest BCUT2D eigenvalue weighted by Crippen LogP contribution is 2.15. The minimum absolute atomic E-state index is 0.186. The fraction of sp³-hybridized carbons (Fsp3) is 0.364. The molecule has 0 radical (unpaired) electrons. The summed E-state index contributed by atoms with van der Waals surface area (Å²) in [5.74, 6) is 0.186. The lowest BCUT2D eigenvalue weighted by Crippen LogP contribution is -2.39. The smallest absolute Gasteiger partial charge is 0.346 e. The third-order valence-electron chi connectivity index (χ3n) is 2.55. The van der Waals surface area contributed by atoms with E-state index in [1.54, 1.807) is 11.3 Å². The first-order chi connectivity index (χ1) is 8.49. The number of rotatable bonds is 3. The van der Waals surface area contributed by atoms with Crippen LogP contribution in [-0.4, -0.2) is 14.3 Å². The van der Waals surface area contributed by atoms with Crippen LogP contribution >= 0.6 is 11.3 Å². The van der Waals surface area contributed by atoms with Crippen LogP contribution in [0.4, 0.5) is 5.82 Å². The molecular weight excluding hydrogens is 252 g/mol. The zero-order chi connectivity index (χ0) is 13.3. The van der Waals surface area contributed by atoms with E-state index in [0.29, 0.717) is 6.54 Å². The molecule has 6 nitrogen and oxygen atoms in total. The van der Waals surface area contributed by atoms with E-state index < -0.39 is 11.2 Å². The van der Waals surface area contributed by atoms with Crippen LogP contribution in [0.2, 0.25) is 0 Å². The number of aromatic nitrogens is 3. The van der Waals surface area contributed by atoms with Gasteiger partial charge in [0.15, 0.2) is 0 Å². The minimum Gasteiger partial charge on any atom is -0.359 e. The van der Waals surface area contributed by atoms with Crippen molar-refractivity contribution in [1.82, 2.24) is 14.3 Å². The highest BCUT2D eigenvalue weighted by Gasteiger charge is 2.08. The Bertz CT molecular complexity index is 683. The number of nitrogens with one attached hydrogen (secondary N) is 1. The lowest BCUT2D eigenvalue weighted by molar-refractivity contribution is 0.604. The van der Waals surface area contributed by atoms with E-state index in [2.05, 4.69) is 10.4 Å². The van der Waals surface area contributed by atoms with E-state index in [4.69, 9.17) is 0 Å². The van der Waals surface area contributed by atoms with Gasteiger partial charge in [-0.1, -0.05) is 0 Å². The molecule has 0 atom stereocenters. The summed E-state index contributed by atoms with van der Waals surface area (Å²) in [6.07, 6.45) is 0. The molecule has 0 fully saturated rings. The molecule has 0 aromatic carbocycles. The Morgan fingerprint density at radius 3 is 2.67 bits per heavy atom. The first kappa shape index (κ1) is 12.6. The Morgan fingerprint density at radius 2 is 2.06 bits per heavy atom. The highest BCUT2D eigenvalue weighted by molar-refractivity contribution is 7.11. The van der Waals surface area contributed by atoms with Crippen LogP contribution in [-0.2, 0) is 20.6 Å². The van der Waals surface area contributed by atoms with Gasteiger partial charge in [0.05, 0.1) is 6.54 Å². The largest absolute Gasteiger partial charge is 0.359 e. The van der Waals surface area contributed by atoms with Crippen molar-refractivity contribution in [2.24, 2.45) is 14.1 Å². The highest BCUT2D eigenvalue weighted by atomic mass is 32.1. The molecule has 0 aliphatic carbocycles. The summed E-state index contributed by atoms with van der Waals surface area (Å²) in [5, 5.41) is 6.88. The molecule has 0 aliphatic heterocycles. The predicted molar refractivity (Wildman–Crippen MR) is 71.1 cm³/mol. The summed E-state index contributed by atoms with van der Waals surface area (Å²) in [5.41, 5.74) is -0.844. The molecule has 1 N–H and O–H groups in total. The molecule has 0 spiro atoms. The fourth-order valence-electron chi connectivity index (χ4n) is 1.56. The average Bonchev–Trinajstić information content (AvgIpc) is 2.75. The maximum atomic E-state index is 11.8. The van der Waals surface area contributed by atoms with E-state index >= 15 is 0 Å². The van der Waals surface area contributed by atoms with Crippen LogP contribution in [0.15, 0.2) is 21.7 Å². The van der Waals surface area contributed by atoms with Crippen molar-refractivity contribution in [3.05, 3.63) is 42.7 Å². The van der Waals surface area contributed by atoms with Gasteiger partial charge in [-0.2, -0.15) is 0 Å². The van der Waals surface area contributed by atoms with Gasteiger partial charge in [-0.25, -0.2) is 9.48 Å². The summed E-state index contributed by atoms with van der Waals surface area (Å²) in [7, 11) is 2.95. The molecule has 18 heavy (non-hydrogen) atoms. The zero-order valence-electron chi connectivity index (χ0n) is 10.4. The van der Waals surface area contributed by atoms with Gasteiger partial charge >= 0.3 is 5.69 Å². The summed E-state index contributed by atoms with van der Waals surface area (Å²) in [6, 6.07) is 4.02. The minimum atomic E-state index is -0.433. The molecule has 0 amide bonds. The lowest BCUT2D eigenvalue weighted by atomic mass is 10.4. The molecule has 2 heterocycles. The molecule has 0 saturated heterocycles. The van der Waals surface area contributed by atoms with E-state index in [1.165, 1.54) is 19.0 Å². The zero-order valence-corrected chi connectivity index (χ0v) is 11.2. The van der Waals surface area contributed by atoms with Crippen molar-refractivity contribution in [2.45, 2.75) is 13.5 Å². The third kappa shape index (κ3) is 2.35. The quantitative estimate of drug-likeness (QED) is 0.876. The second-order valence-corrected chi connectivity index (χ2v) is 5.36. The second-order valence-electron chi connectivity index (χ2n) is 3.98. The SMILES string of the molecule is Cc1ccc(CNc2nn(C)c(=O)n(C)c2=O)s1. The number of anilines is 1. The topological polar surface area (TPSA) is 68.9 Å². The van der Waals surface area contributed by atoms with Gasteiger partial charge in [0.25, 0.3) is 5.56 Å². The predicted octanol–water partition coefficient (Wildman–Crippen LogP) is 0.461. The van der Waals surface area contributed by atoms with Crippen LogP contribution in [0.1, 0.15) is 9.75 Å². The van der Waals surface area contributed by atoms with Crippen LogP contribution < -0.4 is 16.6 Å². The van der Waals surface area contributed by atoms with Crippen LogP contribution in [0.3, 0.4) is 0 Å². The standard InChI is InChI=1S/C11H14N4O2S/c1-7-4-5-8(18-7)6-12-9-10(16)14(2)11(17)15(3)13-9/h4-5H,6H2,1-3H3,(H,12,13). The van der Waals surface area contributed by atoms with Crippen molar-refractivity contribution in [3.8, 4) is 0 Å². The Hall–Kier alpha value is -1.89. The molecule has 2 aromatic heterocycles. The molecule has 2 rings (SSSR count). The molecule has 2 aromatic rings. The Morgan fingerprint density at radius 1 is 1.33 bits per heavy atom. The van der Waals surface area contributed by atoms with Crippen molar-refractivity contribution in [1.29, 1.82) is 0 Å². The van der Waals surface area contributed by atoms with Crippen LogP contribution in [0.5, 0.6) is 0 Å². The van der Waals surface area contributed by atoms with Gasteiger partial charge in [-0.3, -0.25) is 9.36 Å². The van der Waals surface area contributed by atoms with Gasteiger partial charge < -0.3 is 5.32 Å². The lowest BCUT2D eigenvalue weighted by Gasteiger charge is -2.06. The van der Waals surface area contributed by atoms with Crippen molar-refractivity contribution < 1.29 is 0 Å². The number of hydrogen-bond acceptors (Lipinski definition) is 5. The monoisotopic (exact) mass is 266 g/mol.